The first-order valence-corrected chi connectivity index (χ1v) is 23.6. The van der Waals surface area contributed by atoms with Crippen LogP contribution in [-0.4, -0.2) is 8.80 Å². The minimum atomic E-state index is -1.81. The van der Waals surface area contributed by atoms with E-state index in [2.05, 4.69) is 236 Å². The van der Waals surface area contributed by atoms with Gasteiger partial charge < -0.3 is 9.64 Å². The Hall–Kier alpha value is -7.46. The molecule has 0 saturated heterocycles. The maximum atomic E-state index is 6.73. The summed E-state index contributed by atoms with van der Waals surface area (Å²) in [4.78, 5) is 2.51. The zero-order valence-corrected chi connectivity index (χ0v) is 34.9. The lowest BCUT2D eigenvalue weighted by molar-refractivity contribution is 0.435. The van der Waals surface area contributed by atoms with Gasteiger partial charge in [-0.1, -0.05) is 194 Å². The molecular formula is C58H41NOSi. The highest BCUT2D eigenvalue weighted by Crippen LogP contribution is 2.56. The maximum absolute atomic E-state index is 6.73. The van der Waals surface area contributed by atoms with E-state index in [4.69, 9.17) is 4.74 Å². The van der Waals surface area contributed by atoms with Gasteiger partial charge in [0.25, 0.3) is 0 Å². The molecule has 61 heavy (non-hydrogen) atoms. The number of hydrogen-bond acceptors (Lipinski definition) is 2. The van der Waals surface area contributed by atoms with Gasteiger partial charge in [-0.05, 0) is 103 Å². The second-order valence-electron chi connectivity index (χ2n) is 16.4. The number of benzene rings is 10. The number of fused-ring (bicyclic) bond motifs is 10. The molecule has 0 aliphatic carbocycles. The molecule has 0 N–H and O–H groups in total. The SMILES string of the molecule is C[SiH]1c2ccccc2C2(c3ccccc3Oc3ccccc32)c2cccc(N(c3ccc(-c4cccc5ccccc45)cc3)c3ccc(-c4cccc5ccccc45)cc3)c21. The molecule has 10 aromatic carbocycles. The van der Waals surface area contributed by atoms with Crippen molar-refractivity contribution in [2.45, 2.75) is 12.0 Å². The van der Waals surface area contributed by atoms with Gasteiger partial charge >= 0.3 is 0 Å². The van der Waals surface area contributed by atoms with Crippen LogP contribution in [0.15, 0.2) is 224 Å². The quantitative estimate of drug-likeness (QED) is 0.161. The Morgan fingerprint density at radius 1 is 0.393 bits per heavy atom. The van der Waals surface area contributed by atoms with Crippen molar-refractivity contribution >= 4 is 57.8 Å². The first-order valence-electron chi connectivity index (χ1n) is 21.2. The van der Waals surface area contributed by atoms with E-state index >= 15 is 0 Å². The van der Waals surface area contributed by atoms with Crippen LogP contribution in [0.5, 0.6) is 11.5 Å². The summed E-state index contributed by atoms with van der Waals surface area (Å²) in [6, 6.07) is 82.6. The van der Waals surface area contributed by atoms with Gasteiger partial charge in [0, 0.05) is 28.2 Å². The molecule has 2 nitrogen and oxygen atoms in total. The van der Waals surface area contributed by atoms with Crippen molar-refractivity contribution < 1.29 is 4.74 Å². The number of nitrogens with zero attached hydrogens (tertiary/aromatic N) is 1. The lowest BCUT2D eigenvalue weighted by Gasteiger charge is -2.48. The Balaban J connectivity index is 1.10. The normalized spacial score (nSPS) is 14.4. The molecule has 2 aliphatic heterocycles. The fraction of sp³-hybridized carbons (Fsp3) is 0.0345. The second kappa shape index (κ2) is 14.1. The molecule has 0 amide bonds. The fourth-order valence-electron chi connectivity index (χ4n) is 10.6. The van der Waals surface area contributed by atoms with Crippen LogP contribution in [0.1, 0.15) is 22.3 Å². The highest BCUT2D eigenvalue weighted by molar-refractivity contribution is 6.86. The van der Waals surface area contributed by atoms with Crippen LogP contribution in [0.4, 0.5) is 17.1 Å². The van der Waals surface area contributed by atoms with E-state index in [0.717, 1.165) is 22.9 Å². The summed E-state index contributed by atoms with van der Waals surface area (Å²) in [5, 5.41) is 7.93. The summed E-state index contributed by atoms with van der Waals surface area (Å²) in [5.74, 6) is 1.82. The zero-order valence-electron chi connectivity index (χ0n) is 33.8. The molecule has 2 aliphatic rings. The summed E-state index contributed by atoms with van der Waals surface area (Å²) in [6.07, 6.45) is 0. The molecule has 0 fully saturated rings. The van der Waals surface area contributed by atoms with Crippen molar-refractivity contribution in [3.63, 3.8) is 0 Å². The lowest BCUT2D eigenvalue weighted by Crippen LogP contribution is -2.56. The van der Waals surface area contributed by atoms with E-state index in [0.29, 0.717) is 0 Å². The topological polar surface area (TPSA) is 12.5 Å². The number of hydrogen-bond donors (Lipinski definition) is 0. The van der Waals surface area contributed by atoms with Crippen molar-refractivity contribution in [2.24, 2.45) is 0 Å². The molecule has 0 radical (unpaired) electrons. The minimum Gasteiger partial charge on any atom is -0.457 e. The predicted octanol–water partition coefficient (Wildman–Crippen LogP) is 13.6. The smallest absolute Gasteiger partial charge is 0.132 e. The largest absolute Gasteiger partial charge is 0.457 e. The first-order chi connectivity index (χ1) is 30.2. The standard InChI is InChI=1S/C58H41NOSi/c1-61-56-30-11-8-25-51(56)58(49-23-6-9-28-54(49)60-55-29-10-7-24-50(55)58)52-26-14-27-53(57(52)61)59(43-35-31-41(32-36-43)47-21-12-17-39-15-2-4-19-45(39)47)44-37-33-42(34-38-44)48-22-13-18-40-16-3-5-20-46(40)48/h2-38,61H,1H3. The molecule has 1 unspecified atom stereocenters. The Morgan fingerprint density at radius 2 is 0.836 bits per heavy atom. The van der Waals surface area contributed by atoms with E-state index in [9.17, 15) is 0 Å². The molecule has 0 bridgehead atoms. The molecule has 0 saturated carbocycles. The molecule has 288 valence electrons. The molecule has 0 aromatic heterocycles. The monoisotopic (exact) mass is 795 g/mol. The van der Waals surface area contributed by atoms with Gasteiger partial charge in [0.05, 0.1) is 5.41 Å². The number of ether oxygens (including phenoxy) is 1. The fourth-order valence-corrected chi connectivity index (χ4v) is 13.5. The van der Waals surface area contributed by atoms with Gasteiger partial charge in [0.2, 0.25) is 0 Å². The molecule has 1 spiro atoms. The van der Waals surface area contributed by atoms with Crippen molar-refractivity contribution in [3.05, 3.63) is 247 Å². The van der Waals surface area contributed by atoms with Crippen LogP contribution in [0.2, 0.25) is 6.55 Å². The molecule has 12 rings (SSSR count). The van der Waals surface area contributed by atoms with Gasteiger partial charge in [0.15, 0.2) is 0 Å². The minimum absolute atomic E-state index is 0.561. The van der Waals surface area contributed by atoms with Crippen molar-refractivity contribution in [3.8, 4) is 33.8 Å². The predicted molar refractivity (Wildman–Crippen MR) is 258 cm³/mol. The average molecular weight is 796 g/mol. The summed E-state index contributed by atoms with van der Waals surface area (Å²) < 4.78 is 6.73. The Morgan fingerprint density at radius 3 is 1.41 bits per heavy atom. The summed E-state index contributed by atoms with van der Waals surface area (Å²) in [7, 11) is -1.81. The Labute approximate surface area is 358 Å². The third-order valence-electron chi connectivity index (χ3n) is 13.2. The van der Waals surface area contributed by atoms with Crippen molar-refractivity contribution in [2.75, 3.05) is 4.90 Å². The molecule has 3 heteroatoms. The lowest BCUT2D eigenvalue weighted by atomic mass is 9.63. The zero-order chi connectivity index (χ0) is 40.5. The molecule has 1 atom stereocenters. The van der Waals surface area contributed by atoms with Gasteiger partial charge in [-0.3, -0.25) is 0 Å². The van der Waals surface area contributed by atoms with Crippen LogP contribution in [0.25, 0.3) is 43.8 Å². The van der Waals surface area contributed by atoms with E-state index in [-0.39, 0.29) is 0 Å². The van der Waals surface area contributed by atoms with Gasteiger partial charge in [0.1, 0.15) is 20.3 Å². The van der Waals surface area contributed by atoms with Crippen LogP contribution in [-0.2, 0) is 5.41 Å². The van der Waals surface area contributed by atoms with Crippen molar-refractivity contribution in [1.82, 2.24) is 0 Å². The van der Waals surface area contributed by atoms with E-state index < -0.39 is 14.2 Å². The summed E-state index contributed by atoms with van der Waals surface area (Å²) in [5.41, 5.74) is 12.9. The maximum Gasteiger partial charge on any atom is 0.132 e. The van der Waals surface area contributed by atoms with Gasteiger partial charge in [-0.15, -0.1) is 0 Å². The van der Waals surface area contributed by atoms with Crippen LogP contribution < -0.4 is 20.0 Å². The molecule has 2 heterocycles. The summed E-state index contributed by atoms with van der Waals surface area (Å²) in [6.45, 7) is 2.52. The van der Waals surface area contributed by atoms with Gasteiger partial charge in [-0.2, -0.15) is 0 Å². The van der Waals surface area contributed by atoms with Crippen LogP contribution >= 0.6 is 0 Å². The molecule has 10 aromatic rings. The molecular weight excluding hydrogens is 755 g/mol. The van der Waals surface area contributed by atoms with Crippen LogP contribution in [0.3, 0.4) is 0 Å². The third kappa shape index (κ3) is 5.41. The summed E-state index contributed by atoms with van der Waals surface area (Å²) >= 11 is 0. The average Bonchev–Trinajstić information content (AvgIpc) is 3.33. The van der Waals surface area contributed by atoms with E-state index in [1.165, 1.54) is 82.1 Å². The number of rotatable bonds is 5. The Bertz CT molecular complexity index is 3140. The Kier molecular flexibility index (Phi) is 8.19. The highest BCUT2D eigenvalue weighted by Gasteiger charge is 2.51. The second-order valence-corrected chi connectivity index (χ2v) is 19.0. The van der Waals surface area contributed by atoms with E-state index in [1.807, 2.05) is 0 Å². The number of anilines is 3. The van der Waals surface area contributed by atoms with Gasteiger partial charge in [-0.25, -0.2) is 0 Å². The van der Waals surface area contributed by atoms with E-state index in [1.54, 1.807) is 0 Å². The van der Waals surface area contributed by atoms with Crippen molar-refractivity contribution in [1.29, 1.82) is 0 Å². The first kappa shape index (κ1) is 35.5. The third-order valence-corrected chi connectivity index (χ3v) is 16.2. The highest BCUT2D eigenvalue weighted by atomic mass is 28.3. The number of para-hydroxylation sites is 2. The van der Waals surface area contributed by atoms with Crippen LogP contribution in [0, 0.1) is 0 Å².